The molecule has 1 N–H and O–H groups in total. The fourth-order valence-corrected chi connectivity index (χ4v) is 2.41. The van der Waals surface area contributed by atoms with Crippen molar-refractivity contribution in [1.82, 2.24) is 10.2 Å². The predicted molar refractivity (Wildman–Crippen MR) is 73.2 cm³/mol. The van der Waals surface area contributed by atoms with E-state index in [9.17, 15) is 9.18 Å². The lowest BCUT2D eigenvalue weighted by Crippen LogP contribution is -2.43. The van der Waals surface area contributed by atoms with Crippen molar-refractivity contribution < 1.29 is 9.18 Å². The minimum absolute atomic E-state index is 0.0220. The Hall–Kier alpha value is -1.93. The summed E-state index contributed by atoms with van der Waals surface area (Å²) >= 11 is 0. The van der Waals surface area contributed by atoms with Crippen LogP contribution in [0, 0.1) is 17.1 Å². The first-order chi connectivity index (χ1) is 9.65. The number of rotatable bonds is 4. The molecule has 0 spiro atoms. The van der Waals surface area contributed by atoms with Gasteiger partial charge in [-0.2, -0.15) is 5.26 Å². The lowest BCUT2D eigenvalue weighted by molar-refractivity contribution is -0.133. The molecule has 1 aliphatic rings. The number of hydrogen-bond donors (Lipinski definition) is 1. The number of amides is 1. The zero-order chi connectivity index (χ0) is 14.5. The average Bonchev–Trinajstić information content (AvgIpc) is 2.99. The molecule has 1 aromatic carbocycles. The van der Waals surface area contributed by atoms with Crippen LogP contribution in [0.1, 0.15) is 30.9 Å². The largest absolute Gasteiger partial charge is 0.337 e. The van der Waals surface area contributed by atoms with Gasteiger partial charge in [0.05, 0.1) is 17.7 Å². The number of halogens is 1. The van der Waals surface area contributed by atoms with Gasteiger partial charge in [-0.25, -0.2) is 4.39 Å². The standard InChI is InChI=1S/C15H18FN3O/c1-2-19(15(20)14-4-3-7-18-14)10-12-6-5-11(9-17)8-13(12)16/h5-6,8,14,18H,2-4,7,10H2,1H3. The first-order valence-corrected chi connectivity index (χ1v) is 6.86. The molecule has 1 unspecified atom stereocenters. The Bertz CT molecular complexity index is 532. The average molecular weight is 275 g/mol. The predicted octanol–water partition coefficient (Wildman–Crippen LogP) is 1.80. The number of carbonyl (C=O) groups is 1. The number of carbonyl (C=O) groups excluding carboxylic acids is 1. The maximum Gasteiger partial charge on any atom is 0.239 e. The number of hydrogen-bond acceptors (Lipinski definition) is 3. The third-order valence-corrected chi connectivity index (χ3v) is 3.60. The molecule has 0 aromatic heterocycles. The molecule has 2 rings (SSSR count). The summed E-state index contributed by atoms with van der Waals surface area (Å²) in [6.45, 7) is 3.52. The molecule has 1 aromatic rings. The Kier molecular flexibility index (Phi) is 4.70. The lowest BCUT2D eigenvalue weighted by atomic mass is 10.1. The topological polar surface area (TPSA) is 56.1 Å². The minimum atomic E-state index is -0.435. The second-order valence-electron chi connectivity index (χ2n) is 4.92. The van der Waals surface area contributed by atoms with Crippen molar-refractivity contribution >= 4 is 5.91 Å². The van der Waals surface area contributed by atoms with Crippen LogP contribution in [-0.4, -0.2) is 29.9 Å². The van der Waals surface area contributed by atoms with Crippen molar-refractivity contribution in [3.8, 4) is 6.07 Å². The Morgan fingerprint density at radius 3 is 2.95 bits per heavy atom. The van der Waals surface area contributed by atoms with Crippen LogP contribution in [0.2, 0.25) is 0 Å². The summed E-state index contributed by atoms with van der Waals surface area (Å²) in [5.74, 6) is -0.413. The van der Waals surface area contributed by atoms with Crippen molar-refractivity contribution in [2.24, 2.45) is 0 Å². The van der Waals surface area contributed by atoms with Gasteiger partial charge in [0.1, 0.15) is 5.82 Å². The smallest absolute Gasteiger partial charge is 0.239 e. The van der Waals surface area contributed by atoms with Crippen LogP contribution in [0.5, 0.6) is 0 Å². The molecular weight excluding hydrogens is 257 g/mol. The van der Waals surface area contributed by atoms with E-state index in [1.165, 1.54) is 6.07 Å². The minimum Gasteiger partial charge on any atom is -0.337 e. The van der Waals surface area contributed by atoms with Crippen molar-refractivity contribution in [1.29, 1.82) is 5.26 Å². The number of nitriles is 1. The monoisotopic (exact) mass is 275 g/mol. The van der Waals surface area contributed by atoms with Gasteiger partial charge < -0.3 is 10.2 Å². The SMILES string of the molecule is CCN(Cc1ccc(C#N)cc1F)C(=O)C1CCCN1. The van der Waals surface area contributed by atoms with Gasteiger partial charge in [0.15, 0.2) is 0 Å². The van der Waals surface area contributed by atoms with Gasteiger partial charge in [0, 0.05) is 18.7 Å². The van der Waals surface area contributed by atoms with E-state index in [0.717, 1.165) is 19.4 Å². The van der Waals surface area contributed by atoms with Crippen molar-refractivity contribution in [3.05, 3.63) is 35.1 Å². The molecule has 0 saturated carbocycles. The first kappa shape index (κ1) is 14.5. The molecule has 20 heavy (non-hydrogen) atoms. The normalized spacial score (nSPS) is 17.8. The van der Waals surface area contributed by atoms with Gasteiger partial charge in [0.25, 0.3) is 0 Å². The van der Waals surface area contributed by atoms with E-state index in [0.29, 0.717) is 12.1 Å². The maximum atomic E-state index is 13.9. The summed E-state index contributed by atoms with van der Waals surface area (Å²) in [5, 5.41) is 11.9. The molecule has 1 atom stereocenters. The van der Waals surface area contributed by atoms with Gasteiger partial charge >= 0.3 is 0 Å². The highest BCUT2D eigenvalue weighted by molar-refractivity contribution is 5.82. The molecule has 1 amide bonds. The Morgan fingerprint density at radius 1 is 1.60 bits per heavy atom. The molecule has 0 bridgehead atoms. The molecule has 106 valence electrons. The van der Waals surface area contributed by atoms with Crippen LogP contribution in [0.4, 0.5) is 4.39 Å². The van der Waals surface area contributed by atoms with Gasteiger partial charge in [-0.3, -0.25) is 4.79 Å². The highest BCUT2D eigenvalue weighted by atomic mass is 19.1. The zero-order valence-corrected chi connectivity index (χ0v) is 11.5. The molecule has 1 aliphatic heterocycles. The maximum absolute atomic E-state index is 13.9. The fourth-order valence-electron chi connectivity index (χ4n) is 2.41. The van der Waals surface area contributed by atoms with Crippen LogP contribution in [0.3, 0.4) is 0 Å². The summed E-state index contributed by atoms with van der Waals surface area (Å²) in [7, 11) is 0. The number of benzene rings is 1. The van der Waals surface area contributed by atoms with E-state index in [2.05, 4.69) is 5.32 Å². The first-order valence-electron chi connectivity index (χ1n) is 6.86. The summed E-state index contributed by atoms with van der Waals surface area (Å²) in [4.78, 5) is 14.0. The molecule has 0 aliphatic carbocycles. The second-order valence-corrected chi connectivity index (χ2v) is 4.92. The van der Waals surface area contributed by atoms with Crippen LogP contribution in [-0.2, 0) is 11.3 Å². The molecule has 1 heterocycles. The van der Waals surface area contributed by atoms with Gasteiger partial charge in [-0.1, -0.05) is 6.07 Å². The number of likely N-dealkylation sites (N-methyl/N-ethyl adjacent to an activating group) is 1. The molecule has 5 heteroatoms. The lowest BCUT2D eigenvalue weighted by Gasteiger charge is -2.24. The van der Waals surface area contributed by atoms with E-state index in [-0.39, 0.29) is 24.1 Å². The summed E-state index contributed by atoms with van der Waals surface area (Å²) in [6, 6.07) is 6.12. The highest BCUT2D eigenvalue weighted by Gasteiger charge is 2.26. The number of nitrogens with zero attached hydrogens (tertiary/aromatic N) is 2. The van der Waals surface area contributed by atoms with E-state index < -0.39 is 5.82 Å². The highest BCUT2D eigenvalue weighted by Crippen LogP contribution is 2.15. The molecular formula is C15H18FN3O. The molecule has 0 radical (unpaired) electrons. The molecule has 1 fully saturated rings. The van der Waals surface area contributed by atoms with Gasteiger partial charge in [-0.15, -0.1) is 0 Å². The molecule has 4 nitrogen and oxygen atoms in total. The van der Waals surface area contributed by atoms with E-state index in [1.54, 1.807) is 17.0 Å². The van der Waals surface area contributed by atoms with Crippen molar-refractivity contribution in [2.45, 2.75) is 32.4 Å². The number of nitrogens with one attached hydrogen (secondary N) is 1. The third-order valence-electron chi connectivity index (χ3n) is 3.60. The van der Waals surface area contributed by atoms with Crippen LogP contribution in [0.15, 0.2) is 18.2 Å². The van der Waals surface area contributed by atoms with Crippen LogP contribution < -0.4 is 5.32 Å². The summed E-state index contributed by atoms with van der Waals surface area (Å²) < 4.78 is 13.9. The summed E-state index contributed by atoms with van der Waals surface area (Å²) in [6.07, 6.45) is 1.84. The third kappa shape index (κ3) is 3.14. The molecule has 1 saturated heterocycles. The van der Waals surface area contributed by atoms with Crippen LogP contribution in [0.25, 0.3) is 0 Å². The van der Waals surface area contributed by atoms with E-state index >= 15 is 0 Å². The zero-order valence-electron chi connectivity index (χ0n) is 11.5. The van der Waals surface area contributed by atoms with Crippen LogP contribution >= 0.6 is 0 Å². The summed E-state index contributed by atoms with van der Waals surface area (Å²) in [5.41, 5.74) is 0.732. The van der Waals surface area contributed by atoms with Crippen molar-refractivity contribution in [2.75, 3.05) is 13.1 Å². The van der Waals surface area contributed by atoms with Gasteiger partial charge in [0.2, 0.25) is 5.91 Å². The Morgan fingerprint density at radius 2 is 2.40 bits per heavy atom. The Balaban J connectivity index is 2.10. The van der Waals surface area contributed by atoms with E-state index in [4.69, 9.17) is 5.26 Å². The quantitative estimate of drug-likeness (QED) is 0.911. The van der Waals surface area contributed by atoms with Crippen molar-refractivity contribution in [3.63, 3.8) is 0 Å². The second kappa shape index (κ2) is 6.49. The van der Waals surface area contributed by atoms with Gasteiger partial charge in [-0.05, 0) is 38.4 Å². The van der Waals surface area contributed by atoms with E-state index in [1.807, 2.05) is 13.0 Å². The fraction of sp³-hybridized carbons (Fsp3) is 0.467. The Labute approximate surface area is 118 Å².